The number of ether oxygens (including phenoxy) is 1. The summed E-state index contributed by atoms with van der Waals surface area (Å²) >= 11 is 0. The molecule has 0 spiro atoms. The van der Waals surface area contributed by atoms with Gasteiger partial charge in [0.25, 0.3) is 0 Å². The number of hydrogen-bond donors (Lipinski definition) is 1. The second kappa shape index (κ2) is 7.90. The minimum Gasteiger partial charge on any atom is -0.481 e. The van der Waals surface area contributed by atoms with E-state index in [-0.39, 0.29) is 17.3 Å². The van der Waals surface area contributed by atoms with Crippen LogP contribution in [0.25, 0.3) is 22.3 Å². The van der Waals surface area contributed by atoms with E-state index in [0.717, 1.165) is 35.1 Å². The number of aliphatic carboxylic acids is 1. The Morgan fingerprint density at radius 1 is 0.676 bits per heavy atom. The minimum absolute atomic E-state index is 0.0761. The molecule has 0 saturated carbocycles. The van der Waals surface area contributed by atoms with Crippen LogP contribution in [0.2, 0.25) is 0 Å². The largest absolute Gasteiger partial charge is 0.481 e. The van der Waals surface area contributed by atoms with Crippen LogP contribution in [-0.4, -0.2) is 24.3 Å². The summed E-state index contributed by atoms with van der Waals surface area (Å²) < 4.78 is 5.96. The van der Waals surface area contributed by atoms with Crippen LogP contribution in [0.3, 0.4) is 0 Å². The molecule has 37 heavy (non-hydrogen) atoms. The molecule has 3 heteroatoms. The monoisotopic (exact) mass is 486 g/mol. The van der Waals surface area contributed by atoms with E-state index in [2.05, 4.69) is 104 Å². The molecule has 0 amide bonds. The SMILES string of the molecule is CC1(CC2(CC3(CC(=O)O)c4ccccc4-c4ccccc43)COC2)c2ccccc2-c2ccccc21. The van der Waals surface area contributed by atoms with Gasteiger partial charge in [-0.3, -0.25) is 4.79 Å². The Morgan fingerprint density at radius 3 is 1.49 bits per heavy atom. The number of benzene rings is 4. The first kappa shape index (κ1) is 22.5. The Bertz CT molecular complexity index is 1450. The maximum atomic E-state index is 12.5. The highest BCUT2D eigenvalue weighted by Crippen LogP contribution is 2.61. The fourth-order valence-corrected chi connectivity index (χ4v) is 7.90. The zero-order valence-corrected chi connectivity index (χ0v) is 21.0. The molecule has 3 aliphatic rings. The normalized spacial score (nSPS) is 18.7. The Hall–Kier alpha value is -3.69. The fraction of sp³-hybridized carbons (Fsp3) is 0.265. The van der Waals surface area contributed by atoms with Crippen molar-refractivity contribution in [2.45, 2.75) is 37.0 Å². The van der Waals surface area contributed by atoms with Gasteiger partial charge in [-0.1, -0.05) is 104 Å². The van der Waals surface area contributed by atoms with Gasteiger partial charge in [0.2, 0.25) is 0 Å². The molecule has 1 aliphatic heterocycles. The van der Waals surface area contributed by atoms with Crippen molar-refractivity contribution in [3.63, 3.8) is 0 Å². The maximum absolute atomic E-state index is 12.5. The van der Waals surface area contributed by atoms with Crippen molar-refractivity contribution >= 4 is 5.97 Å². The molecule has 3 nitrogen and oxygen atoms in total. The van der Waals surface area contributed by atoms with Crippen LogP contribution >= 0.6 is 0 Å². The number of fused-ring (bicyclic) bond motifs is 6. The van der Waals surface area contributed by atoms with Gasteiger partial charge in [-0.2, -0.15) is 0 Å². The van der Waals surface area contributed by atoms with E-state index in [4.69, 9.17) is 4.74 Å². The lowest BCUT2D eigenvalue weighted by Crippen LogP contribution is -2.51. The molecule has 1 saturated heterocycles. The average molecular weight is 487 g/mol. The van der Waals surface area contributed by atoms with E-state index in [1.165, 1.54) is 22.3 Å². The standard InChI is InChI=1S/C34H30O3/c1-32(27-14-6-2-10-23(27)24-11-3-7-15-28(24)32)19-33(21-37-22-33)20-34(18-31(35)36)29-16-8-4-12-25(29)26-13-5-9-17-30(26)34/h2-17H,18-22H2,1H3,(H,35,36). The molecule has 1 fully saturated rings. The van der Waals surface area contributed by atoms with Gasteiger partial charge in [0, 0.05) is 16.2 Å². The van der Waals surface area contributed by atoms with Crippen LogP contribution in [0.1, 0.15) is 48.4 Å². The predicted molar refractivity (Wildman–Crippen MR) is 146 cm³/mol. The van der Waals surface area contributed by atoms with Gasteiger partial charge in [0.05, 0.1) is 19.6 Å². The van der Waals surface area contributed by atoms with Crippen LogP contribution < -0.4 is 0 Å². The molecule has 0 bridgehead atoms. The number of carboxylic acids is 1. The van der Waals surface area contributed by atoms with Gasteiger partial charge >= 0.3 is 5.97 Å². The summed E-state index contributed by atoms with van der Waals surface area (Å²) in [5.74, 6) is -0.760. The van der Waals surface area contributed by atoms with Crippen molar-refractivity contribution in [1.29, 1.82) is 0 Å². The first-order chi connectivity index (χ1) is 18.0. The quantitative estimate of drug-likeness (QED) is 0.313. The Labute approximate surface area is 217 Å². The van der Waals surface area contributed by atoms with Gasteiger partial charge in [-0.05, 0) is 57.3 Å². The molecule has 1 N–H and O–H groups in total. The lowest BCUT2D eigenvalue weighted by molar-refractivity contribution is -0.146. The Morgan fingerprint density at radius 2 is 1.08 bits per heavy atom. The van der Waals surface area contributed by atoms with E-state index < -0.39 is 11.4 Å². The van der Waals surface area contributed by atoms with Crippen LogP contribution in [0.5, 0.6) is 0 Å². The van der Waals surface area contributed by atoms with Crippen molar-refractivity contribution in [2.24, 2.45) is 5.41 Å². The number of carbonyl (C=O) groups is 1. The fourth-order valence-electron chi connectivity index (χ4n) is 7.90. The Kier molecular flexibility index (Phi) is 4.81. The second-order valence-corrected chi connectivity index (χ2v) is 11.5. The van der Waals surface area contributed by atoms with Gasteiger partial charge in [-0.15, -0.1) is 0 Å². The smallest absolute Gasteiger partial charge is 0.304 e. The van der Waals surface area contributed by atoms with E-state index in [1.54, 1.807) is 0 Å². The summed E-state index contributed by atoms with van der Waals surface area (Å²) in [6.07, 6.45) is 1.74. The topological polar surface area (TPSA) is 46.5 Å². The number of rotatable bonds is 6. The maximum Gasteiger partial charge on any atom is 0.304 e. The third kappa shape index (κ3) is 3.13. The van der Waals surface area contributed by atoms with Crippen LogP contribution in [0.15, 0.2) is 97.1 Å². The summed E-state index contributed by atoms with van der Waals surface area (Å²) in [5, 5.41) is 10.2. The van der Waals surface area contributed by atoms with E-state index in [9.17, 15) is 9.90 Å². The highest BCUT2D eigenvalue weighted by molar-refractivity contribution is 5.84. The molecule has 184 valence electrons. The summed E-state index contributed by atoms with van der Waals surface area (Å²) in [6, 6.07) is 34.3. The van der Waals surface area contributed by atoms with Gasteiger partial charge in [0.15, 0.2) is 0 Å². The second-order valence-electron chi connectivity index (χ2n) is 11.5. The molecular weight excluding hydrogens is 456 g/mol. The highest BCUT2D eigenvalue weighted by Gasteiger charge is 2.55. The van der Waals surface area contributed by atoms with E-state index in [1.807, 2.05) is 0 Å². The minimum atomic E-state index is -0.760. The molecule has 1 heterocycles. The lowest BCUT2D eigenvalue weighted by Gasteiger charge is -2.51. The molecule has 4 aromatic rings. The first-order valence-corrected chi connectivity index (χ1v) is 13.1. The summed E-state index contributed by atoms with van der Waals surface area (Å²) in [4.78, 5) is 12.5. The van der Waals surface area contributed by atoms with Crippen LogP contribution in [0, 0.1) is 5.41 Å². The third-order valence-corrected chi connectivity index (χ3v) is 9.18. The third-order valence-electron chi connectivity index (χ3n) is 9.18. The highest BCUT2D eigenvalue weighted by atomic mass is 16.5. The molecule has 2 aliphatic carbocycles. The molecule has 0 radical (unpaired) electrons. The molecule has 0 unspecified atom stereocenters. The van der Waals surface area contributed by atoms with Crippen molar-refractivity contribution in [3.05, 3.63) is 119 Å². The molecule has 0 atom stereocenters. The zero-order valence-electron chi connectivity index (χ0n) is 21.0. The average Bonchev–Trinajstić information content (AvgIpc) is 3.30. The number of hydrogen-bond acceptors (Lipinski definition) is 2. The number of carboxylic acid groups (broad SMARTS) is 1. The van der Waals surface area contributed by atoms with E-state index in [0.29, 0.717) is 13.2 Å². The molecule has 0 aromatic heterocycles. The zero-order chi connectivity index (χ0) is 25.3. The summed E-state index contributed by atoms with van der Waals surface area (Å²) in [7, 11) is 0. The molecular formula is C34H30O3. The molecule has 7 rings (SSSR count). The molecule has 4 aromatic carbocycles. The predicted octanol–water partition coefficient (Wildman–Crippen LogP) is 7.21. The van der Waals surface area contributed by atoms with Gasteiger partial charge < -0.3 is 9.84 Å². The Balaban J connectivity index is 1.37. The van der Waals surface area contributed by atoms with Crippen LogP contribution in [0.4, 0.5) is 0 Å². The van der Waals surface area contributed by atoms with Crippen molar-refractivity contribution in [3.8, 4) is 22.3 Å². The van der Waals surface area contributed by atoms with Gasteiger partial charge in [0.1, 0.15) is 0 Å². The first-order valence-electron chi connectivity index (χ1n) is 13.1. The van der Waals surface area contributed by atoms with Crippen molar-refractivity contribution in [1.82, 2.24) is 0 Å². The van der Waals surface area contributed by atoms with Crippen LogP contribution in [-0.2, 0) is 20.4 Å². The van der Waals surface area contributed by atoms with E-state index >= 15 is 0 Å². The summed E-state index contributed by atoms with van der Waals surface area (Å²) in [5.41, 5.74) is 9.07. The summed E-state index contributed by atoms with van der Waals surface area (Å²) in [6.45, 7) is 3.68. The van der Waals surface area contributed by atoms with Crippen molar-refractivity contribution < 1.29 is 14.6 Å². The lowest BCUT2D eigenvalue weighted by atomic mass is 9.58. The van der Waals surface area contributed by atoms with Crippen molar-refractivity contribution in [2.75, 3.05) is 13.2 Å². The van der Waals surface area contributed by atoms with Gasteiger partial charge in [-0.25, -0.2) is 0 Å².